The molecule has 0 unspecified atom stereocenters. The number of fused-ring (bicyclic) bond motifs is 4. The molecule has 1 saturated carbocycles. The molecule has 2 aliphatic heterocycles. The van der Waals surface area contributed by atoms with Gasteiger partial charge in [-0.05, 0) is 56.9 Å². The second-order valence-electron chi connectivity index (χ2n) is 9.57. The quantitative estimate of drug-likeness (QED) is 0.485. The molecule has 2 N–H and O–H groups in total. The minimum atomic E-state index is -1.27. The SMILES string of the molecule is C[C@@H](Nc1ccc(Cl)nc1C(=O)O)c1cc(F)cc2c(=O)n(C)c(C34CCC(C#N)(CC3)CO4)nc12. The van der Waals surface area contributed by atoms with Crippen LogP contribution in [-0.4, -0.2) is 32.2 Å². The first-order chi connectivity index (χ1) is 17.1. The van der Waals surface area contributed by atoms with E-state index in [4.69, 9.17) is 21.3 Å². The van der Waals surface area contributed by atoms with Crippen LogP contribution in [0.3, 0.4) is 0 Å². The number of aromatic carboxylic acids is 1. The number of nitrogens with one attached hydrogen (secondary N) is 1. The number of carboxylic acid groups (broad SMARTS) is 1. The maximum absolute atomic E-state index is 14.7. The lowest BCUT2D eigenvalue weighted by Crippen LogP contribution is -2.51. The van der Waals surface area contributed by atoms with Crippen molar-refractivity contribution in [2.24, 2.45) is 12.5 Å². The number of ether oxygens (including phenoxy) is 1. The monoisotopic (exact) mass is 511 g/mol. The van der Waals surface area contributed by atoms with Gasteiger partial charge in [-0.2, -0.15) is 5.26 Å². The van der Waals surface area contributed by atoms with Gasteiger partial charge >= 0.3 is 5.97 Å². The first-order valence-corrected chi connectivity index (χ1v) is 11.9. The molecule has 2 saturated heterocycles. The van der Waals surface area contributed by atoms with Gasteiger partial charge < -0.3 is 15.2 Å². The van der Waals surface area contributed by atoms with E-state index in [1.807, 2.05) is 0 Å². The van der Waals surface area contributed by atoms with Crippen molar-refractivity contribution in [1.82, 2.24) is 14.5 Å². The Labute approximate surface area is 210 Å². The summed E-state index contributed by atoms with van der Waals surface area (Å²) in [5.41, 5.74) is -1.13. The third-order valence-electron chi connectivity index (χ3n) is 7.36. The number of nitrogens with zero attached hydrogens (tertiary/aromatic N) is 4. The largest absolute Gasteiger partial charge is 0.476 e. The number of hydrogen-bond acceptors (Lipinski definition) is 7. The van der Waals surface area contributed by atoms with Crippen molar-refractivity contribution in [2.75, 3.05) is 11.9 Å². The zero-order valence-electron chi connectivity index (χ0n) is 19.6. The first kappa shape index (κ1) is 24.2. The summed E-state index contributed by atoms with van der Waals surface area (Å²) >= 11 is 5.86. The van der Waals surface area contributed by atoms with E-state index in [2.05, 4.69) is 16.4 Å². The van der Waals surface area contributed by atoms with E-state index in [1.54, 1.807) is 14.0 Å². The standard InChI is InChI=1S/C25H23ClFN5O4/c1-13(29-17-3-4-18(26)30-20(17)22(34)35)15-9-14(27)10-16-19(15)31-23(32(2)21(16)33)25-7-5-24(11-28,6-8-25)12-36-25/h3-4,9-10,13,29H,5-8,12H2,1-2H3,(H,34,35)/t13-,24?,25?/m1/s1. The molecule has 3 fully saturated rings. The molecule has 6 rings (SSSR count). The molecule has 1 aromatic carbocycles. The van der Waals surface area contributed by atoms with E-state index >= 15 is 0 Å². The summed E-state index contributed by atoms with van der Waals surface area (Å²) in [5.74, 6) is -1.45. The van der Waals surface area contributed by atoms with Crippen molar-refractivity contribution in [3.8, 4) is 6.07 Å². The maximum atomic E-state index is 14.7. The van der Waals surface area contributed by atoms with Gasteiger partial charge in [0.2, 0.25) is 0 Å². The third kappa shape index (κ3) is 3.79. The molecule has 4 heterocycles. The van der Waals surface area contributed by atoms with E-state index in [-0.39, 0.29) is 28.5 Å². The minimum Gasteiger partial charge on any atom is -0.476 e. The molecule has 9 nitrogen and oxygen atoms in total. The number of halogens is 2. The number of anilines is 1. The molecule has 0 radical (unpaired) electrons. The Morgan fingerprint density at radius 3 is 2.64 bits per heavy atom. The van der Waals surface area contributed by atoms with Crippen molar-refractivity contribution < 1.29 is 19.0 Å². The van der Waals surface area contributed by atoms with Crippen LogP contribution in [0.15, 0.2) is 29.1 Å². The molecular weight excluding hydrogens is 489 g/mol. The van der Waals surface area contributed by atoms with Gasteiger partial charge in [-0.1, -0.05) is 11.6 Å². The molecule has 3 aromatic rings. The zero-order chi connectivity index (χ0) is 25.8. The van der Waals surface area contributed by atoms with Gasteiger partial charge in [0, 0.05) is 12.6 Å². The third-order valence-corrected chi connectivity index (χ3v) is 7.57. The number of aromatic nitrogens is 3. The summed E-state index contributed by atoms with van der Waals surface area (Å²) in [6.07, 6.45) is 2.39. The van der Waals surface area contributed by atoms with Crippen LogP contribution >= 0.6 is 11.6 Å². The number of carbonyl (C=O) groups is 1. The molecule has 1 atom stereocenters. The van der Waals surface area contributed by atoms with Crippen LogP contribution in [0.2, 0.25) is 5.15 Å². The van der Waals surface area contributed by atoms with Crippen molar-refractivity contribution in [2.45, 2.75) is 44.2 Å². The first-order valence-electron chi connectivity index (χ1n) is 11.5. The summed E-state index contributed by atoms with van der Waals surface area (Å²) in [7, 11) is 1.59. The normalized spacial score (nSPS) is 23.9. The summed E-state index contributed by atoms with van der Waals surface area (Å²) in [6, 6.07) is 7.10. The predicted molar refractivity (Wildman–Crippen MR) is 129 cm³/mol. The Morgan fingerprint density at radius 2 is 2.03 bits per heavy atom. The van der Waals surface area contributed by atoms with Crippen molar-refractivity contribution in [3.05, 3.63) is 62.7 Å². The molecule has 186 valence electrons. The lowest BCUT2D eigenvalue weighted by atomic mass is 9.66. The van der Waals surface area contributed by atoms with Crippen LogP contribution in [0, 0.1) is 22.6 Å². The fraction of sp³-hybridized carbons (Fsp3) is 0.400. The molecule has 0 amide bonds. The highest BCUT2D eigenvalue weighted by Gasteiger charge is 2.53. The summed E-state index contributed by atoms with van der Waals surface area (Å²) in [5, 5.41) is 22.3. The number of carboxylic acids is 1. The summed E-state index contributed by atoms with van der Waals surface area (Å²) < 4.78 is 22.3. The summed E-state index contributed by atoms with van der Waals surface area (Å²) in [6.45, 7) is 1.98. The number of benzene rings is 1. The molecule has 11 heteroatoms. The molecule has 3 aliphatic rings. The average Bonchev–Trinajstić information content (AvgIpc) is 2.88. The molecule has 0 spiro atoms. The van der Waals surface area contributed by atoms with Crippen LogP contribution in [0.25, 0.3) is 10.9 Å². The smallest absolute Gasteiger partial charge is 0.356 e. The van der Waals surface area contributed by atoms with Gasteiger partial charge in [0.05, 0.1) is 40.7 Å². The number of nitriles is 1. The number of pyridine rings is 1. The summed E-state index contributed by atoms with van der Waals surface area (Å²) in [4.78, 5) is 33.7. The highest BCUT2D eigenvalue weighted by molar-refractivity contribution is 6.29. The van der Waals surface area contributed by atoms with E-state index in [0.717, 1.165) is 6.07 Å². The minimum absolute atomic E-state index is 0.0243. The highest BCUT2D eigenvalue weighted by Crippen LogP contribution is 2.52. The Morgan fingerprint density at radius 1 is 1.31 bits per heavy atom. The van der Waals surface area contributed by atoms with Crippen LogP contribution in [-0.2, 0) is 17.4 Å². The van der Waals surface area contributed by atoms with Gasteiger partial charge in [-0.15, -0.1) is 0 Å². The van der Waals surface area contributed by atoms with Gasteiger partial charge in [-0.25, -0.2) is 19.2 Å². The molecular formula is C25H23ClFN5O4. The van der Waals surface area contributed by atoms with E-state index < -0.39 is 34.4 Å². The van der Waals surface area contributed by atoms with Crippen LogP contribution in [0.5, 0.6) is 0 Å². The molecule has 2 aromatic heterocycles. The fourth-order valence-corrected chi connectivity index (χ4v) is 5.41. The van der Waals surface area contributed by atoms with Crippen molar-refractivity contribution in [3.63, 3.8) is 0 Å². The van der Waals surface area contributed by atoms with Crippen LogP contribution in [0.1, 0.15) is 60.5 Å². The van der Waals surface area contributed by atoms with Crippen molar-refractivity contribution in [1.29, 1.82) is 5.26 Å². The van der Waals surface area contributed by atoms with Crippen molar-refractivity contribution >= 4 is 34.2 Å². The van der Waals surface area contributed by atoms with Crippen LogP contribution in [0.4, 0.5) is 10.1 Å². The highest BCUT2D eigenvalue weighted by atomic mass is 35.5. The van der Waals surface area contributed by atoms with Gasteiger partial charge in [0.25, 0.3) is 5.56 Å². The molecule has 1 aliphatic carbocycles. The van der Waals surface area contributed by atoms with Crippen LogP contribution < -0.4 is 10.9 Å². The van der Waals surface area contributed by atoms with Gasteiger partial charge in [0.1, 0.15) is 22.4 Å². The predicted octanol–water partition coefficient (Wildman–Crippen LogP) is 4.30. The Hall–Kier alpha value is -3.55. The zero-order valence-corrected chi connectivity index (χ0v) is 20.4. The molecule has 36 heavy (non-hydrogen) atoms. The average molecular weight is 512 g/mol. The maximum Gasteiger partial charge on any atom is 0.356 e. The Kier molecular flexibility index (Phi) is 5.73. The second kappa shape index (κ2) is 8.54. The van der Waals surface area contributed by atoms with Gasteiger partial charge in [-0.3, -0.25) is 9.36 Å². The number of hydrogen-bond donors (Lipinski definition) is 2. The Balaban J connectivity index is 1.62. The van der Waals surface area contributed by atoms with Gasteiger partial charge in [0.15, 0.2) is 5.69 Å². The number of rotatable bonds is 5. The lowest BCUT2D eigenvalue weighted by Gasteiger charge is -2.49. The van der Waals surface area contributed by atoms with E-state index in [9.17, 15) is 24.3 Å². The second-order valence-corrected chi connectivity index (χ2v) is 9.95. The molecule has 2 bridgehead atoms. The Bertz CT molecular complexity index is 1490. The van der Waals surface area contributed by atoms with E-state index in [0.29, 0.717) is 42.6 Å². The topological polar surface area (TPSA) is 130 Å². The lowest BCUT2D eigenvalue weighted by molar-refractivity contribution is -0.177. The fourth-order valence-electron chi connectivity index (χ4n) is 5.26. The van der Waals surface area contributed by atoms with E-state index in [1.165, 1.54) is 22.8 Å².